The quantitative estimate of drug-likeness (QED) is 0.313. The number of hydrogen-bond donors (Lipinski definition) is 1. The number of carbonyl (C=O) groups is 1. The third-order valence-corrected chi connectivity index (χ3v) is 5.78. The van der Waals surface area contributed by atoms with Gasteiger partial charge >= 0.3 is 12.4 Å². The highest BCUT2D eigenvalue weighted by Crippen LogP contribution is 2.40. The van der Waals surface area contributed by atoms with Crippen molar-refractivity contribution in [3.63, 3.8) is 0 Å². The lowest BCUT2D eigenvalue weighted by Gasteiger charge is -2.29. The summed E-state index contributed by atoms with van der Waals surface area (Å²) in [7, 11) is 0. The van der Waals surface area contributed by atoms with E-state index < -0.39 is 49.0 Å². The average molecular weight is 507 g/mol. The number of carbonyl (C=O) groups excluding carboxylic acids is 1. The predicted molar refractivity (Wildman–Crippen MR) is 116 cm³/mol. The second-order valence-corrected chi connectivity index (χ2v) is 8.11. The van der Waals surface area contributed by atoms with Gasteiger partial charge in [-0.25, -0.2) is 9.97 Å². The van der Waals surface area contributed by atoms with Crippen molar-refractivity contribution in [3.05, 3.63) is 65.6 Å². The Kier molecular flexibility index (Phi) is 5.38. The topological polar surface area (TPSA) is 94.2 Å². The summed E-state index contributed by atoms with van der Waals surface area (Å²) in [5.74, 6) is -1.24. The second-order valence-electron chi connectivity index (χ2n) is 8.11. The van der Waals surface area contributed by atoms with E-state index in [1.165, 1.54) is 30.6 Å². The van der Waals surface area contributed by atoms with Gasteiger partial charge in [0.2, 0.25) is 5.88 Å². The standard InChI is InChI=1S/C23H15F6N5O2/c24-22(25,26)10-34(17-9-36-20-13(17)2-4-18(33-20)23(27,28)29)21(35)11-1-3-16-14(7-11)15-8-31-6-5-12(15)19(30)32-16/h1-8,17H,9-10H2,(H2,30,32). The zero-order chi connectivity index (χ0) is 25.8. The van der Waals surface area contributed by atoms with E-state index in [0.29, 0.717) is 32.6 Å². The first-order chi connectivity index (χ1) is 16.9. The summed E-state index contributed by atoms with van der Waals surface area (Å²) in [5, 5.41) is 1.55. The van der Waals surface area contributed by atoms with Crippen LogP contribution in [-0.2, 0) is 6.18 Å². The van der Waals surface area contributed by atoms with Gasteiger partial charge in [-0.05, 0) is 36.4 Å². The molecule has 0 saturated carbocycles. The van der Waals surface area contributed by atoms with Crippen LogP contribution >= 0.6 is 0 Å². The number of aromatic nitrogens is 3. The summed E-state index contributed by atoms with van der Waals surface area (Å²) in [6.45, 7) is -2.13. The second kappa shape index (κ2) is 8.21. The minimum atomic E-state index is -4.79. The van der Waals surface area contributed by atoms with Gasteiger partial charge in [0.05, 0.1) is 11.6 Å². The molecule has 0 radical (unpaired) electrons. The average Bonchev–Trinajstić information content (AvgIpc) is 3.24. The van der Waals surface area contributed by atoms with Gasteiger partial charge in [0, 0.05) is 39.7 Å². The summed E-state index contributed by atoms with van der Waals surface area (Å²) in [5.41, 5.74) is 4.99. The van der Waals surface area contributed by atoms with Gasteiger partial charge in [-0.2, -0.15) is 26.3 Å². The minimum Gasteiger partial charge on any atom is -0.475 e. The van der Waals surface area contributed by atoms with Crippen molar-refractivity contribution in [2.75, 3.05) is 18.9 Å². The Morgan fingerprint density at radius 1 is 1.03 bits per heavy atom. The van der Waals surface area contributed by atoms with Gasteiger partial charge in [0.15, 0.2) is 0 Å². The largest absolute Gasteiger partial charge is 0.475 e. The number of benzene rings is 1. The molecule has 7 nitrogen and oxygen atoms in total. The molecule has 0 saturated heterocycles. The van der Waals surface area contributed by atoms with Crippen LogP contribution < -0.4 is 10.5 Å². The molecule has 4 aromatic rings. The summed E-state index contributed by atoms with van der Waals surface area (Å²) in [6, 6.07) is 6.09. The highest BCUT2D eigenvalue weighted by Gasteiger charge is 2.42. The molecule has 1 unspecified atom stereocenters. The highest BCUT2D eigenvalue weighted by atomic mass is 19.4. The lowest BCUT2D eigenvalue weighted by atomic mass is 10.0. The molecule has 1 aliphatic rings. The zero-order valence-electron chi connectivity index (χ0n) is 18.1. The van der Waals surface area contributed by atoms with E-state index in [1.54, 1.807) is 6.07 Å². The van der Waals surface area contributed by atoms with Crippen molar-refractivity contribution < 1.29 is 35.9 Å². The van der Waals surface area contributed by atoms with Gasteiger partial charge in [0.25, 0.3) is 5.91 Å². The summed E-state index contributed by atoms with van der Waals surface area (Å²) >= 11 is 0. The zero-order valence-corrected chi connectivity index (χ0v) is 18.1. The van der Waals surface area contributed by atoms with E-state index in [-0.39, 0.29) is 16.9 Å². The normalized spacial score (nSPS) is 15.7. The summed E-state index contributed by atoms with van der Waals surface area (Å²) < 4.78 is 84.7. The van der Waals surface area contributed by atoms with Crippen LogP contribution in [0.1, 0.15) is 27.7 Å². The van der Waals surface area contributed by atoms with Crippen molar-refractivity contribution in [3.8, 4) is 5.88 Å². The fraction of sp³-hybridized carbons (Fsp3) is 0.217. The molecule has 5 rings (SSSR count). The lowest BCUT2D eigenvalue weighted by molar-refractivity contribution is -0.145. The van der Waals surface area contributed by atoms with Crippen LogP contribution in [0.2, 0.25) is 0 Å². The molecular weight excluding hydrogens is 492 g/mol. The lowest BCUT2D eigenvalue weighted by Crippen LogP contribution is -2.42. The molecule has 4 heterocycles. The molecule has 1 amide bonds. The maximum absolute atomic E-state index is 13.5. The number of rotatable bonds is 3. The number of amides is 1. The molecular formula is C23H15F6N5O2. The van der Waals surface area contributed by atoms with E-state index in [2.05, 4.69) is 15.0 Å². The van der Waals surface area contributed by atoms with Crippen LogP contribution in [0.4, 0.5) is 32.2 Å². The maximum Gasteiger partial charge on any atom is 0.433 e. The Hall–Kier alpha value is -4.16. The Bertz CT molecular complexity index is 1500. The summed E-state index contributed by atoms with van der Waals surface area (Å²) in [6.07, 6.45) is -6.55. The van der Waals surface area contributed by atoms with E-state index >= 15 is 0 Å². The number of alkyl halides is 6. The Morgan fingerprint density at radius 2 is 1.81 bits per heavy atom. The van der Waals surface area contributed by atoms with Gasteiger partial charge in [0.1, 0.15) is 24.7 Å². The van der Waals surface area contributed by atoms with Crippen LogP contribution in [0.5, 0.6) is 5.88 Å². The fourth-order valence-corrected chi connectivity index (χ4v) is 4.17. The number of hydrogen-bond acceptors (Lipinski definition) is 6. The Labute approximate surface area is 198 Å². The number of pyridine rings is 3. The Balaban J connectivity index is 1.58. The van der Waals surface area contributed by atoms with Crippen LogP contribution in [0.25, 0.3) is 21.7 Å². The molecule has 186 valence electrons. The van der Waals surface area contributed by atoms with Gasteiger partial charge < -0.3 is 15.4 Å². The number of fused-ring (bicyclic) bond motifs is 4. The van der Waals surface area contributed by atoms with Crippen LogP contribution in [0.3, 0.4) is 0 Å². The number of anilines is 1. The van der Waals surface area contributed by atoms with Crippen molar-refractivity contribution in [1.82, 2.24) is 19.9 Å². The first-order valence-electron chi connectivity index (χ1n) is 10.4. The van der Waals surface area contributed by atoms with E-state index in [1.807, 2.05) is 0 Å². The van der Waals surface area contributed by atoms with Crippen LogP contribution in [0.15, 0.2) is 48.8 Å². The monoisotopic (exact) mass is 507 g/mol. The van der Waals surface area contributed by atoms with Gasteiger partial charge in [-0.15, -0.1) is 0 Å². The minimum absolute atomic E-state index is 0.0505. The smallest absolute Gasteiger partial charge is 0.433 e. The Morgan fingerprint density at radius 3 is 2.53 bits per heavy atom. The summed E-state index contributed by atoms with van der Waals surface area (Å²) in [4.78, 5) is 25.6. The number of nitrogen functional groups attached to an aromatic ring is 1. The SMILES string of the molecule is Nc1nc2ccc(C(=O)N(CC(F)(F)F)C3COc4nc(C(F)(F)F)ccc43)cc2c2cnccc12. The molecule has 13 heteroatoms. The van der Waals surface area contributed by atoms with Crippen molar-refractivity contribution in [1.29, 1.82) is 0 Å². The van der Waals surface area contributed by atoms with Crippen LogP contribution in [-0.4, -0.2) is 45.1 Å². The fourth-order valence-electron chi connectivity index (χ4n) is 4.17. The molecule has 0 bridgehead atoms. The molecule has 1 aliphatic heterocycles. The molecule has 2 N–H and O–H groups in total. The van der Waals surface area contributed by atoms with Crippen LogP contribution in [0, 0.1) is 0 Å². The molecule has 3 aromatic heterocycles. The first kappa shape index (κ1) is 23.6. The predicted octanol–water partition coefficient (Wildman–Crippen LogP) is 4.92. The number of nitrogens with zero attached hydrogens (tertiary/aromatic N) is 4. The third kappa shape index (κ3) is 4.20. The molecule has 0 aliphatic carbocycles. The molecule has 0 fully saturated rings. The third-order valence-electron chi connectivity index (χ3n) is 5.78. The first-order valence-corrected chi connectivity index (χ1v) is 10.4. The van der Waals surface area contributed by atoms with E-state index in [9.17, 15) is 31.1 Å². The van der Waals surface area contributed by atoms with E-state index in [0.717, 1.165) is 6.07 Å². The van der Waals surface area contributed by atoms with Crippen molar-refractivity contribution in [2.24, 2.45) is 0 Å². The van der Waals surface area contributed by atoms with E-state index in [4.69, 9.17) is 10.5 Å². The number of ether oxygens (including phenoxy) is 1. The van der Waals surface area contributed by atoms with Crippen molar-refractivity contribution >= 4 is 33.4 Å². The highest BCUT2D eigenvalue weighted by molar-refractivity contribution is 6.11. The molecule has 36 heavy (non-hydrogen) atoms. The molecule has 0 spiro atoms. The molecule has 1 aromatic carbocycles. The number of nitrogens with two attached hydrogens (primary N) is 1. The van der Waals surface area contributed by atoms with Crippen molar-refractivity contribution in [2.45, 2.75) is 18.4 Å². The molecule has 1 atom stereocenters. The van der Waals surface area contributed by atoms with Gasteiger partial charge in [-0.1, -0.05) is 0 Å². The maximum atomic E-state index is 13.5. The number of halogens is 6. The van der Waals surface area contributed by atoms with Gasteiger partial charge in [-0.3, -0.25) is 9.78 Å².